The lowest BCUT2D eigenvalue weighted by Crippen LogP contribution is -2.34. The zero-order chi connectivity index (χ0) is 11.3. The summed E-state index contributed by atoms with van der Waals surface area (Å²) < 4.78 is 0. The van der Waals surface area contributed by atoms with Gasteiger partial charge in [0.1, 0.15) is 0 Å². The number of nitrogens with one attached hydrogen (secondary N) is 2. The van der Waals surface area contributed by atoms with Crippen molar-refractivity contribution in [3.63, 3.8) is 0 Å². The van der Waals surface area contributed by atoms with E-state index in [1.165, 1.54) is 0 Å². The van der Waals surface area contributed by atoms with Crippen molar-refractivity contribution in [2.45, 2.75) is 57.7 Å². The van der Waals surface area contributed by atoms with Gasteiger partial charge in [0.05, 0.1) is 6.10 Å². The Kier molecular flexibility index (Phi) is 5.05. The molecular weight excluding hydrogens is 192 g/mol. The Bertz CT molecular complexity index is 203. The molecule has 4 nitrogen and oxygen atoms in total. The lowest BCUT2D eigenvalue weighted by molar-refractivity contribution is -0.121. The lowest BCUT2D eigenvalue weighted by atomic mass is 10.1. The minimum Gasteiger partial charge on any atom is -0.393 e. The molecule has 3 N–H and O–H groups in total. The van der Waals surface area contributed by atoms with Gasteiger partial charge in [-0.25, -0.2) is 0 Å². The molecule has 1 rings (SSSR count). The number of hydrogen-bond acceptors (Lipinski definition) is 3. The van der Waals surface area contributed by atoms with Crippen molar-refractivity contribution in [1.29, 1.82) is 0 Å². The lowest BCUT2D eigenvalue weighted by Gasteiger charge is -2.14. The monoisotopic (exact) mass is 214 g/mol. The highest BCUT2D eigenvalue weighted by atomic mass is 16.3. The van der Waals surface area contributed by atoms with Gasteiger partial charge in [-0.2, -0.15) is 0 Å². The topological polar surface area (TPSA) is 61.4 Å². The van der Waals surface area contributed by atoms with E-state index in [1.54, 1.807) is 6.92 Å². The van der Waals surface area contributed by atoms with Gasteiger partial charge in [-0.1, -0.05) is 0 Å². The summed E-state index contributed by atoms with van der Waals surface area (Å²) in [5.41, 5.74) is 0. The number of hydrogen-bond donors (Lipinski definition) is 3. The first kappa shape index (κ1) is 12.5. The van der Waals surface area contributed by atoms with Crippen LogP contribution in [0.5, 0.6) is 0 Å². The second-order valence-corrected chi connectivity index (χ2v) is 4.53. The van der Waals surface area contributed by atoms with E-state index in [9.17, 15) is 4.79 Å². The average Bonchev–Trinajstić information content (AvgIpc) is 2.86. The second-order valence-electron chi connectivity index (χ2n) is 4.53. The van der Waals surface area contributed by atoms with Crippen LogP contribution in [0.15, 0.2) is 0 Å². The number of carbonyl (C=O) groups excluding carboxylic acids is 1. The van der Waals surface area contributed by atoms with E-state index in [0.717, 1.165) is 19.3 Å². The van der Waals surface area contributed by atoms with Gasteiger partial charge in [-0.3, -0.25) is 4.79 Å². The Morgan fingerprint density at radius 1 is 1.47 bits per heavy atom. The maximum absolute atomic E-state index is 11.3. The fourth-order valence-corrected chi connectivity index (χ4v) is 1.55. The Hall–Kier alpha value is -0.610. The quantitative estimate of drug-likeness (QED) is 0.575. The molecule has 0 aromatic rings. The molecule has 0 aromatic carbocycles. The standard InChI is InChI=1S/C11H22N2O2/c1-8(7-9(2)14)12-6-5-11(15)13-10-3-4-10/h8-10,12,14H,3-7H2,1-2H3,(H,13,15). The van der Waals surface area contributed by atoms with Gasteiger partial charge in [-0.15, -0.1) is 0 Å². The largest absolute Gasteiger partial charge is 0.393 e. The zero-order valence-electron chi connectivity index (χ0n) is 9.62. The maximum atomic E-state index is 11.3. The number of carbonyl (C=O) groups is 1. The van der Waals surface area contributed by atoms with Gasteiger partial charge in [-0.05, 0) is 33.1 Å². The normalized spacial score (nSPS) is 19.7. The maximum Gasteiger partial charge on any atom is 0.221 e. The first-order valence-electron chi connectivity index (χ1n) is 5.78. The molecule has 88 valence electrons. The van der Waals surface area contributed by atoms with E-state index in [-0.39, 0.29) is 18.1 Å². The Balaban J connectivity index is 1.96. The van der Waals surface area contributed by atoms with Gasteiger partial charge in [0, 0.05) is 25.0 Å². The second kappa shape index (κ2) is 6.08. The molecule has 4 heteroatoms. The van der Waals surface area contributed by atoms with Crippen molar-refractivity contribution in [3.05, 3.63) is 0 Å². The highest BCUT2D eigenvalue weighted by molar-refractivity contribution is 5.76. The highest BCUT2D eigenvalue weighted by Crippen LogP contribution is 2.18. The fourth-order valence-electron chi connectivity index (χ4n) is 1.55. The van der Waals surface area contributed by atoms with Crippen molar-refractivity contribution in [2.75, 3.05) is 6.54 Å². The molecule has 0 aromatic heterocycles. The van der Waals surface area contributed by atoms with Gasteiger partial charge in [0.25, 0.3) is 0 Å². The molecular formula is C11H22N2O2. The summed E-state index contributed by atoms with van der Waals surface area (Å²) in [7, 11) is 0. The van der Waals surface area contributed by atoms with Crippen molar-refractivity contribution in [3.8, 4) is 0 Å². The van der Waals surface area contributed by atoms with Crippen LogP contribution in [0.4, 0.5) is 0 Å². The summed E-state index contributed by atoms with van der Waals surface area (Å²) in [5.74, 6) is 0.134. The third-order valence-electron chi connectivity index (χ3n) is 2.48. The highest BCUT2D eigenvalue weighted by Gasteiger charge is 2.22. The van der Waals surface area contributed by atoms with E-state index in [2.05, 4.69) is 10.6 Å². The van der Waals surface area contributed by atoms with Crippen LogP contribution < -0.4 is 10.6 Å². The number of amides is 1. The summed E-state index contributed by atoms with van der Waals surface area (Å²) in [6.45, 7) is 4.48. The van der Waals surface area contributed by atoms with Gasteiger partial charge in [0.2, 0.25) is 5.91 Å². The molecule has 0 radical (unpaired) electrons. The number of aliphatic hydroxyl groups excluding tert-OH is 1. The van der Waals surface area contributed by atoms with Crippen LogP contribution >= 0.6 is 0 Å². The number of aliphatic hydroxyl groups is 1. The zero-order valence-corrected chi connectivity index (χ0v) is 9.62. The minimum absolute atomic E-state index is 0.134. The van der Waals surface area contributed by atoms with E-state index in [1.807, 2.05) is 6.92 Å². The summed E-state index contributed by atoms with van der Waals surface area (Å²) in [6.07, 6.45) is 3.24. The molecule has 2 atom stereocenters. The Morgan fingerprint density at radius 2 is 2.13 bits per heavy atom. The van der Waals surface area contributed by atoms with Crippen molar-refractivity contribution in [1.82, 2.24) is 10.6 Å². The van der Waals surface area contributed by atoms with E-state index >= 15 is 0 Å². The Morgan fingerprint density at radius 3 is 2.67 bits per heavy atom. The molecule has 1 amide bonds. The first-order chi connectivity index (χ1) is 7.08. The third kappa shape index (κ3) is 6.47. The summed E-state index contributed by atoms with van der Waals surface area (Å²) in [6, 6.07) is 0.714. The van der Waals surface area contributed by atoms with Crippen molar-refractivity contribution in [2.24, 2.45) is 0 Å². The first-order valence-corrected chi connectivity index (χ1v) is 5.78. The van der Waals surface area contributed by atoms with E-state index < -0.39 is 0 Å². The van der Waals surface area contributed by atoms with Gasteiger partial charge < -0.3 is 15.7 Å². The molecule has 15 heavy (non-hydrogen) atoms. The molecule has 0 spiro atoms. The van der Waals surface area contributed by atoms with Crippen molar-refractivity contribution < 1.29 is 9.90 Å². The minimum atomic E-state index is -0.284. The Labute approximate surface area is 91.4 Å². The molecule has 1 aliphatic rings. The van der Waals surface area contributed by atoms with Crippen molar-refractivity contribution >= 4 is 5.91 Å². The SMILES string of the molecule is CC(O)CC(C)NCCC(=O)NC1CC1. The molecule has 0 aliphatic heterocycles. The van der Waals surface area contributed by atoms with Crippen LogP contribution in [0, 0.1) is 0 Å². The van der Waals surface area contributed by atoms with Crippen LogP contribution in [0.2, 0.25) is 0 Å². The fraction of sp³-hybridized carbons (Fsp3) is 0.909. The number of rotatable bonds is 7. The van der Waals surface area contributed by atoms with Gasteiger partial charge >= 0.3 is 0 Å². The predicted octanol–water partition coefficient (Wildman–Crippen LogP) is 0.404. The molecule has 1 fully saturated rings. The average molecular weight is 214 g/mol. The molecule has 0 bridgehead atoms. The van der Waals surface area contributed by atoms with Crippen LogP contribution in [-0.2, 0) is 4.79 Å². The smallest absolute Gasteiger partial charge is 0.221 e. The molecule has 1 aliphatic carbocycles. The molecule has 1 saturated carbocycles. The van der Waals surface area contributed by atoms with Crippen LogP contribution in [0.3, 0.4) is 0 Å². The van der Waals surface area contributed by atoms with E-state index in [4.69, 9.17) is 5.11 Å². The summed E-state index contributed by atoms with van der Waals surface area (Å²) in [4.78, 5) is 11.3. The van der Waals surface area contributed by atoms with Crippen LogP contribution in [0.25, 0.3) is 0 Å². The summed E-state index contributed by atoms with van der Waals surface area (Å²) >= 11 is 0. The van der Waals surface area contributed by atoms with Crippen LogP contribution in [0.1, 0.15) is 39.5 Å². The molecule has 0 heterocycles. The van der Waals surface area contributed by atoms with E-state index in [0.29, 0.717) is 19.0 Å². The van der Waals surface area contributed by atoms with Crippen LogP contribution in [-0.4, -0.2) is 35.7 Å². The van der Waals surface area contributed by atoms with Gasteiger partial charge in [0.15, 0.2) is 0 Å². The molecule has 0 saturated heterocycles. The third-order valence-corrected chi connectivity index (χ3v) is 2.48. The molecule has 2 unspecified atom stereocenters. The predicted molar refractivity (Wildman–Crippen MR) is 59.5 cm³/mol. The summed E-state index contributed by atoms with van der Waals surface area (Å²) in [5, 5.41) is 15.3.